The summed E-state index contributed by atoms with van der Waals surface area (Å²) < 4.78 is 23.6. The summed E-state index contributed by atoms with van der Waals surface area (Å²) in [5, 5.41) is 5.30. The van der Waals surface area contributed by atoms with Gasteiger partial charge in [-0.15, -0.1) is 0 Å². The van der Waals surface area contributed by atoms with Crippen molar-refractivity contribution in [3.05, 3.63) is 0 Å². The lowest BCUT2D eigenvalue weighted by Gasteiger charge is -2.31. The second-order valence-electron chi connectivity index (χ2n) is 7.95. The van der Waals surface area contributed by atoms with Gasteiger partial charge in [0.2, 0.25) is 0 Å². The summed E-state index contributed by atoms with van der Waals surface area (Å²) >= 11 is 0. The molecule has 1 rings (SSSR count). The summed E-state index contributed by atoms with van der Waals surface area (Å²) in [6.45, 7) is 11.1. The SMILES string of the molecule is CC(C)(C)OC(=O)NCC1CCN(N(CF)C(=O)OC(C)(C)C)C1. The summed E-state index contributed by atoms with van der Waals surface area (Å²) in [4.78, 5) is 23.7. The Morgan fingerprint density at radius 2 is 1.75 bits per heavy atom. The molecule has 7 nitrogen and oxygen atoms in total. The van der Waals surface area contributed by atoms with Crippen LogP contribution < -0.4 is 5.32 Å². The van der Waals surface area contributed by atoms with E-state index in [0.717, 1.165) is 11.4 Å². The van der Waals surface area contributed by atoms with Crippen LogP contribution in [0.15, 0.2) is 0 Å². The van der Waals surface area contributed by atoms with Gasteiger partial charge in [-0.25, -0.2) is 24.0 Å². The number of rotatable bonds is 4. The van der Waals surface area contributed by atoms with Crippen molar-refractivity contribution >= 4 is 12.2 Å². The first-order chi connectivity index (χ1) is 10.9. The van der Waals surface area contributed by atoms with Gasteiger partial charge in [0.05, 0.1) is 0 Å². The van der Waals surface area contributed by atoms with Gasteiger partial charge < -0.3 is 14.8 Å². The van der Waals surface area contributed by atoms with E-state index >= 15 is 0 Å². The van der Waals surface area contributed by atoms with Crippen molar-refractivity contribution in [1.29, 1.82) is 0 Å². The second kappa shape index (κ2) is 8.00. The molecule has 1 saturated heterocycles. The molecule has 1 atom stereocenters. The molecule has 0 aliphatic carbocycles. The quantitative estimate of drug-likeness (QED) is 0.792. The fourth-order valence-electron chi connectivity index (χ4n) is 2.29. The minimum atomic E-state index is -0.943. The van der Waals surface area contributed by atoms with Crippen LogP contribution in [-0.2, 0) is 9.47 Å². The van der Waals surface area contributed by atoms with E-state index in [0.29, 0.717) is 19.6 Å². The number of nitrogens with one attached hydrogen (secondary N) is 1. The molecule has 0 aromatic rings. The van der Waals surface area contributed by atoms with Crippen molar-refractivity contribution < 1.29 is 23.5 Å². The third-order valence-corrected chi connectivity index (χ3v) is 3.26. The largest absolute Gasteiger partial charge is 0.444 e. The number of alkyl carbamates (subject to hydrolysis) is 1. The second-order valence-corrected chi connectivity index (χ2v) is 7.95. The van der Waals surface area contributed by atoms with Crippen molar-refractivity contribution in [3.8, 4) is 0 Å². The van der Waals surface area contributed by atoms with Crippen molar-refractivity contribution in [3.63, 3.8) is 0 Å². The topological polar surface area (TPSA) is 71.1 Å². The van der Waals surface area contributed by atoms with Gasteiger partial charge in [-0.3, -0.25) is 0 Å². The van der Waals surface area contributed by atoms with Gasteiger partial charge in [-0.2, -0.15) is 0 Å². The highest BCUT2D eigenvalue weighted by Gasteiger charge is 2.32. The third kappa shape index (κ3) is 7.33. The van der Waals surface area contributed by atoms with Crippen molar-refractivity contribution in [1.82, 2.24) is 15.3 Å². The monoisotopic (exact) mass is 347 g/mol. The molecular formula is C16H30FN3O4. The molecule has 2 amide bonds. The van der Waals surface area contributed by atoms with Crippen LogP contribution in [0.4, 0.5) is 14.0 Å². The number of hydrogen-bond acceptors (Lipinski definition) is 5. The van der Waals surface area contributed by atoms with Gasteiger partial charge in [0, 0.05) is 19.6 Å². The van der Waals surface area contributed by atoms with E-state index in [2.05, 4.69) is 5.32 Å². The molecule has 8 heteroatoms. The number of hydrazine groups is 1. The third-order valence-electron chi connectivity index (χ3n) is 3.26. The van der Waals surface area contributed by atoms with Crippen LogP contribution in [-0.4, -0.2) is 59.8 Å². The summed E-state index contributed by atoms with van der Waals surface area (Å²) in [5.74, 6) is 0.119. The van der Waals surface area contributed by atoms with Crippen LogP contribution in [0.5, 0.6) is 0 Å². The van der Waals surface area contributed by atoms with E-state index in [1.807, 2.05) is 0 Å². The molecule has 1 heterocycles. The van der Waals surface area contributed by atoms with Crippen molar-refractivity contribution in [2.45, 2.75) is 59.2 Å². The van der Waals surface area contributed by atoms with Gasteiger partial charge in [-0.1, -0.05) is 0 Å². The maximum atomic E-state index is 13.3. The number of amides is 2. The molecule has 0 aromatic heterocycles. The van der Waals surface area contributed by atoms with Gasteiger partial charge in [0.25, 0.3) is 0 Å². The van der Waals surface area contributed by atoms with Crippen LogP contribution in [0, 0.1) is 5.92 Å². The Hall–Kier alpha value is -1.57. The maximum absolute atomic E-state index is 13.3. The van der Waals surface area contributed by atoms with Crippen molar-refractivity contribution in [2.75, 3.05) is 26.4 Å². The van der Waals surface area contributed by atoms with E-state index in [1.54, 1.807) is 46.6 Å². The predicted octanol–water partition coefficient (Wildman–Crippen LogP) is 2.91. The van der Waals surface area contributed by atoms with Gasteiger partial charge >= 0.3 is 12.2 Å². The summed E-state index contributed by atoms with van der Waals surface area (Å²) in [6.07, 6.45) is -0.434. The predicted molar refractivity (Wildman–Crippen MR) is 88.0 cm³/mol. The molecule has 0 aromatic carbocycles. The average molecular weight is 347 g/mol. The van der Waals surface area contributed by atoms with Crippen LogP contribution in [0.3, 0.4) is 0 Å². The zero-order chi connectivity index (χ0) is 18.5. The van der Waals surface area contributed by atoms with E-state index in [9.17, 15) is 14.0 Å². The summed E-state index contributed by atoms with van der Waals surface area (Å²) in [7, 11) is 0. The molecule has 140 valence electrons. The molecule has 0 spiro atoms. The normalized spacial score (nSPS) is 19.0. The lowest BCUT2D eigenvalue weighted by molar-refractivity contribution is -0.0598. The molecule has 1 unspecified atom stereocenters. The van der Waals surface area contributed by atoms with E-state index in [4.69, 9.17) is 9.47 Å². The van der Waals surface area contributed by atoms with Gasteiger partial charge in [-0.05, 0) is 53.9 Å². The number of carbonyl (C=O) groups excluding carboxylic acids is 2. The maximum Gasteiger partial charge on any atom is 0.427 e. The molecule has 24 heavy (non-hydrogen) atoms. The number of carbonyl (C=O) groups is 2. The molecular weight excluding hydrogens is 317 g/mol. The number of nitrogens with zero attached hydrogens (tertiary/aromatic N) is 2. The summed E-state index contributed by atoms with van der Waals surface area (Å²) in [6, 6.07) is 0. The smallest absolute Gasteiger partial charge is 0.427 e. The van der Waals surface area contributed by atoms with Crippen LogP contribution >= 0.6 is 0 Å². The van der Waals surface area contributed by atoms with Gasteiger partial charge in [0.15, 0.2) is 6.80 Å². The molecule has 0 bridgehead atoms. The number of alkyl halides is 1. The molecule has 1 aliphatic heterocycles. The lowest BCUT2D eigenvalue weighted by atomic mass is 10.1. The number of hydrogen-bond donors (Lipinski definition) is 1. The van der Waals surface area contributed by atoms with Gasteiger partial charge in [0.1, 0.15) is 11.2 Å². The molecule has 1 N–H and O–H groups in total. The zero-order valence-electron chi connectivity index (χ0n) is 15.5. The Bertz CT molecular complexity index is 446. The number of ether oxygens (including phenoxy) is 2. The van der Waals surface area contributed by atoms with Crippen molar-refractivity contribution in [2.24, 2.45) is 5.92 Å². The minimum Gasteiger partial charge on any atom is -0.444 e. The Morgan fingerprint density at radius 3 is 2.25 bits per heavy atom. The highest BCUT2D eigenvalue weighted by Crippen LogP contribution is 2.20. The van der Waals surface area contributed by atoms with E-state index in [-0.39, 0.29) is 5.92 Å². The molecule has 1 aliphatic rings. The highest BCUT2D eigenvalue weighted by atomic mass is 19.1. The molecule has 1 fully saturated rings. The fraction of sp³-hybridized carbons (Fsp3) is 0.875. The first-order valence-electron chi connectivity index (χ1n) is 8.19. The van der Waals surface area contributed by atoms with E-state index < -0.39 is 30.2 Å². The highest BCUT2D eigenvalue weighted by molar-refractivity contribution is 5.68. The summed E-state index contributed by atoms with van der Waals surface area (Å²) in [5.41, 5.74) is -1.23. The Morgan fingerprint density at radius 1 is 1.17 bits per heavy atom. The standard InChI is InChI=1S/C16H30FN3O4/c1-15(2,3)23-13(21)18-9-12-7-8-19(10-12)20(11-17)14(22)24-16(4,5)6/h12H,7-11H2,1-6H3,(H,18,21). The molecule has 0 saturated carbocycles. The Labute approximate surface area is 143 Å². The molecule has 0 radical (unpaired) electrons. The number of halogens is 1. The average Bonchev–Trinajstić information content (AvgIpc) is 2.81. The minimum absolute atomic E-state index is 0.119. The first-order valence-corrected chi connectivity index (χ1v) is 8.19. The van der Waals surface area contributed by atoms with E-state index in [1.165, 1.54) is 0 Å². The first kappa shape index (κ1) is 20.5. The lowest BCUT2D eigenvalue weighted by Crippen LogP contribution is -2.47. The zero-order valence-corrected chi connectivity index (χ0v) is 15.5. The Kier molecular flexibility index (Phi) is 6.83. The fourth-order valence-corrected chi connectivity index (χ4v) is 2.29. The Balaban J connectivity index is 2.46. The van der Waals surface area contributed by atoms with Crippen LogP contribution in [0.25, 0.3) is 0 Å². The van der Waals surface area contributed by atoms with Crippen LogP contribution in [0.2, 0.25) is 0 Å². The van der Waals surface area contributed by atoms with Crippen LogP contribution in [0.1, 0.15) is 48.0 Å².